The Bertz CT molecular complexity index is 639. The molecule has 2 heterocycles. The van der Waals surface area contributed by atoms with E-state index in [1.165, 1.54) is 4.57 Å². The van der Waals surface area contributed by atoms with E-state index < -0.39 is 0 Å². The average molecular weight is 297 g/mol. The molecule has 0 radical (unpaired) electrons. The van der Waals surface area contributed by atoms with E-state index in [4.69, 9.17) is 4.74 Å². The molecule has 0 aliphatic carbocycles. The maximum atomic E-state index is 11.3. The van der Waals surface area contributed by atoms with Gasteiger partial charge in [-0.15, -0.1) is 5.10 Å². The minimum atomic E-state index is -0.294. The molecule has 2 rings (SSSR count). The van der Waals surface area contributed by atoms with Gasteiger partial charge in [0.2, 0.25) is 11.1 Å². The SMILES string of the molecule is CCCOc1nc(NC)nc(Sc2n[nH]c(=O)n2C)n1. The molecule has 0 atom stereocenters. The van der Waals surface area contributed by atoms with Crippen molar-refractivity contribution in [3.8, 4) is 6.01 Å². The number of ether oxygens (including phenoxy) is 1. The Balaban J connectivity index is 2.26. The smallest absolute Gasteiger partial charge is 0.343 e. The molecule has 9 nitrogen and oxygen atoms in total. The number of aromatic nitrogens is 6. The highest BCUT2D eigenvalue weighted by Gasteiger charge is 2.12. The van der Waals surface area contributed by atoms with Crippen LogP contribution in [0.1, 0.15) is 13.3 Å². The first-order valence-corrected chi connectivity index (χ1v) is 6.81. The van der Waals surface area contributed by atoms with Crippen LogP contribution in [0.3, 0.4) is 0 Å². The molecule has 108 valence electrons. The Hall–Kier alpha value is -2.10. The van der Waals surface area contributed by atoms with Gasteiger partial charge in [0.05, 0.1) is 6.61 Å². The van der Waals surface area contributed by atoms with Crippen LogP contribution in [0.4, 0.5) is 5.95 Å². The van der Waals surface area contributed by atoms with Crippen molar-refractivity contribution in [3.05, 3.63) is 10.5 Å². The molecule has 0 bridgehead atoms. The summed E-state index contributed by atoms with van der Waals surface area (Å²) >= 11 is 1.15. The molecule has 0 aliphatic rings. The quantitative estimate of drug-likeness (QED) is 0.782. The zero-order chi connectivity index (χ0) is 14.5. The van der Waals surface area contributed by atoms with E-state index in [1.54, 1.807) is 14.1 Å². The summed E-state index contributed by atoms with van der Waals surface area (Å²) in [5.74, 6) is 0.397. The predicted octanol–water partition coefficient (Wildman–Crippen LogP) is 0.275. The molecule has 0 aliphatic heterocycles. The zero-order valence-electron chi connectivity index (χ0n) is 11.4. The van der Waals surface area contributed by atoms with Crippen molar-refractivity contribution < 1.29 is 4.74 Å². The van der Waals surface area contributed by atoms with Crippen LogP contribution in [-0.4, -0.2) is 43.4 Å². The molecule has 0 fully saturated rings. The van der Waals surface area contributed by atoms with E-state index in [2.05, 4.69) is 30.5 Å². The number of aromatic amines is 1. The molecule has 0 amide bonds. The van der Waals surface area contributed by atoms with Crippen LogP contribution in [0.25, 0.3) is 0 Å². The number of hydrogen-bond acceptors (Lipinski definition) is 8. The van der Waals surface area contributed by atoms with Crippen LogP contribution >= 0.6 is 11.8 Å². The Labute approximate surface area is 119 Å². The Kier molecular flexibility index (Phi) is 4.56. The van der Waals surface area contributed by atoms with Gasteiger partial charge in [-0.3, -0.25) is 4.57 Å². The molecule has 0 spiro atoms. The molecule has 2 N–H and O–H groups in total. The highest BCUT2D eigenvalue weighted by molar-refractivity contribution is 7.99. The van der Waals surface area contributed by atoms with E-state index >= 15 is 0 Å². The van der Waals surface area contributed by atoms with Crippen LogP contribution in [0, 0.1) is 0 Å². The van der Waals surface area contributed by atoms with Crippen molar-refractivity contribution in [3.63, 3.8) is 0 Å². The second-order valence-electron chi connectivity index (χ2n) is 3.80. The van der Waals surface area contributed by atoms with Crippen molar-refractivity contribution in [2.75, 3.05) is 19.0 Å². The minimum absolute atomic E-state index is 0.245. The largest absolute Gasteiger partial charge is 0.463 e. The third-order valence-electron chi connectivity index (χ3n) is 2.27. The standard InChI is InChI=1S/C10H15N7O2S/c1-4-5-19-7-12-6(11-2)13-8(14-7)20-10-16-15-9(18)17(10)3/h4-5H2,1-3H3,(H,15,18)(H,11,12,13,14). The molecule has 2 aromatic heterocycles. The van der Waals surface area contributed by atoms with Gasteiger partial charge in [-0.05, 0) is 18.2 Å². The molecule has 0 saturated heterocycles. The summed E-state index contributed by atoms with van der Waals surface area (Å²) in [5, 5.41) is 9.94. The highest BCUT2D eigenvalue weighted by atomic mass is 32.2. The Morgan fingerprint density at radius 3 is 2.80 bits per heavy atom. The molecule has 20 heavy (non-hydrogen) atoms. The summed E-state index contributed by atoms with van der Waals surface area (Å²) in [6.45, 7) is 2.52. The highest BCUT2D eigenvalue weighted by Crippen LogP contribution is 2.23. The maximum absolute atomic E-state index is 11.3. The number of hydrogen-bond donors (Lipinski definition) is 2. The first-order chi connectivity index (χ1) is 9.63. The van der Waals surface area contributed by atoms with Crippen molar-refractivity contribution in [2.45, 2.75) is 23.7 Å². The molecule has 0 unspecified atom stereocenters. The van der Waals surface area contributed by atoms with Gasteiger partial charge in [0.25, 0.3) is 0 Å². The van der Waals surface area contributed by atoms with Gasteiger partial charge in [-0.1, -0.05) is 6.92 Å². The minimum Gasteiger partial charge on any atom is -0.463 e. The van der Waals surface area contributed by atoms with Gasteiger partial charge in [0, 0.05) is 14.1 Å². The van der Waals surface area contributed by atoms with E-state index in [9.17, 15) is 4.79 Å². The normalized spacial score (nSPS) is 10.6. The number of anilines is 1. The summed E-state index contributed by atoms with van der Waals surface area (Å²) in [7, 11) is 3.32. The maximum Gasteiger partial charge on any atom is 0.343 e. The second kappa shape index (κ2) is 6.37. The van der Waals surface area contributed by atoms with Gasteiger partial charge in [0.1, 0.15) is 0 Å². The lowest BCUT2D eigenvalue weighted by atomic mass is 10.5. The van der Waals surface area contributed by atoms with E-state index in [0.29, 0.717) is 22.9 Å². The fourth-order valence-corrected chi connectivity index (χ4v) is 1.99. The number of rotatable bonds is 6. The van der Waals surface area contributed by atoms with Gasteiger partial charge >= 0.3 is 11.7 Å². The molecular formula is C10H15N7O2S. The van der Waals surface area contributed by atoms with Crippen LogP contribution in [0.5, 0.6) is 6.01 Å². The third-order valence-corrected chi connectivity index (χ3v) is 3.19. The fourth-order valence-electron chi connectivity index (χ4n) is 1.26. The lowest BCUT2D eigenvalue weighted by Crippen LogP contribution is -2.13. The Morgan fingerprint density at radius 1 is 1.40 bits per heavy atom. The Morgan fingerprint density at radius 2 is 2.20 bits per heavy atom. The summed E-state index contributed by atoms with van der Waals surface area (Å²) in [6, 6.07) is 0.245. The van der Waals surface area contributed by atoms with E-state index in [-0.39, 0.29) is 11.7 Å². The molecular weight excluding hydrogens is 282 g/mol. The summed E-state index contributed by atoms with van der Waals surface area (Å²) in [6.07, 6.45) is 0.858. The first-order valence-electron chi connectivity index (χ1n) is 6.00. The van der Waals surface area contributed by atoms with Gasteiger partial charge in [-0.25, -0.2) is 9.89 Å². The second-order valence-corrected chi connectivity index (χ2v) is 4.73. The number of nitrogens with one attached hydrogen (secondary N) is 2. The zero-order valence-corrected chi connectivity index (χ0v) is 12.2. The van der Waals surface area contributed by atoms with E-state index in [1.807, 2.05) is 6.92 Å². The summed E-state index contributed by atoms with van der Waals surface area (Å²) in [4.78, 5) is 23.8. The predicted molar refractivity (Wildman–Crippen MR) is 73.1 cm³/mol. The van der Waals surface area contributed by atoms with Crippen molar-refractivity contribution >= 4 is 17.7 Å². The molecule has 10 heteroatoms. The van der Waals surface area contributed by atoms with E-state index in [0.717, 1.165) is 18.2 Å². The van der Waals surface area contributed by atoms with Crippen molar-refractivity contribution in [1.29, 1.82) is 0 Å². The first kappa shape index (κ1) is 14.3. The fraction of sp³-hybridized carbons (Fsp3) is 0.500. The van der Waals surface area contributed by atoms with Gasteiger partial charge < -0.3 is 10.1 Å². The lowest BCUT2D eigenvalue weighted by molar-refractivity contribution is 0.288. The molecule has 0 aromatic carbocycles. The monoisotopic (exact) mass is 297 g/mol. The van der Waals surface area contributed by atoms with Gasteiger partial charge in [0.15, 0.2) is 5.16 Å². The van der Waals surface area contributed by atoms with Crippen molar-refractivity contribution in [1.82, 2.24) is 29.7 Å². The van der Waals surface area contributed by atoms with Crippen LogP contribution in [-0.2, 0) is 7.05 Å². The van der Waals surface area contributed by atoms with Gasteiger partial charge in [-0.2, -0.15) is 15.0 Å². The topological polar surface area (TPSA) is 111 Å². The third kappa shape index (κ3) is 3.26. The van der Waals surface area contributed by atoms with Crippen LogP contribution in [0.15, 0.2) is 15.1 Å². The van der Waals surface area contributed by atoms with Crippen LogP contribution in [0.2, 0.25) is 0 Å². The molecule has 0 saturated carbocycles. The van der Waals surface area contributed by atoms with Crippen molar-refractivity contribution in [2.24, 2.45) is 7.05 Å². The summed E-state index contributed by atoms with van der Waals surface area (Å²) in [5.41, 5.74) is -0.294. The summed E-state index contributed by atoms with van der Waals surface area (Å²) < 4.78 is 6.77. The number of nitrogens with zero attached hydrogens (tertiary/aromatic N) is 5. The lowest BCUT2D eigenvalue weighted by Gasteiger charge is -2.06. The molecule has 2 aromatic rings. The average Bonchev–Trinajstić information content (AvgIpc) is 2.77. The van der Waals surface area contributed by atoms with Crippen LogP contribution < -0.4 is 15.7 Å². The number of H-pyrrole nitrogens is 1.